The zero-order valence-electron chi connectivity index (χ0n) is 15.8. The van der Waals surface area contributed by atoms with E-state index in [2.05, 4.69) is 77.9 Å². The fraction of sp³-hybridized carbons (Fsp3) is 0.455. The lowest BCUT2D eigenvalue weighted by atomic mass is 9.96. The van der Waals surface area contributed by atoms with Crippen LogP contribution in [-0.4, -0.2) is 7.11 Å². The van der Waals surface area contributed by atoms with E-state index in [0.717, 1.165) is 5.75 Å². The molecular formula is C22H32O. The van der Waals surface area contributed by atoms with E-state index in [4.69, 9.17) is 4.74 Å². The topological polar surface area (TPSA) is 9.23 Å². The number of rotatable bonds is 4. The summed E-state index contributed by atoms with van der Waals surface area (Å²) < 4.78 is 5.11. The van der Waals surface area contributed by atoms with E-state index in [0.29, 0.717) is 17.8 Å². The number of methoxy groups -OCH3 is 1. The van der Waals surface area contributed by atoms with E-state index in [-0.39, 0.29) is 0 Å². The van der Waals surface area contributed by atoms with Gasteiger partial charge >= 0.3 is 0 Å². The summed E-state index contributed by atoms with van der Waals surface area (Å²) >= 11 is 0. The Morgan fingerprint density at radius 2 is 1.00 bits per heavy atom. The molecule has 2 aromatic carbocycles. The van der Waals surface area contributed by atoms with Crippen LogP contribution in [0.2, 0.25) is 0 Å². The molecule has 0 unspecified atom stereocenters. The van der Waals surface area contributed by atoms with E-state index in [9.17, 15) is 0 Å². The maximum absolute atomic E-state index is 5.11. The minimum absolute atomic E-state index is 0.574. The number of ether oxygens (including phenoxy) is 1. The Bertz CT molecular complexity index is 559. The summed E-state index contributed by atoms with van der Waals surface area (Å²) in [5.41, 5.74) is 4.21. The van der Waals surface area contributed by atoms with Crippen LogP contribution < -0.4 is 4.74 Å². The first kappa shape index (κ1) is 19.3. The standard InChI is InChI=1S/C12H18.C10H14O/c1-9(2)11-6-5-7-12(8-11)10(3)4;1-8(2)9-5-4-6-10(7-9)11-3/h5-10H,1-4H3;4-8H,1-3H3. The average molecular weight is 312 g/mol. The van der Waals surface area contributed by atoms with E-state index in [1.165, 1.54) is 16.7 Å². The first-order chi connectivity index (χ1) is 10.8. The van der Waals surface area contributed by atoms with Gasteiger partial charge in [-0.25, -0.2) is 0 Å². The quantitative estimate of drug-likeness (QED) is 0.606. The summed E-state index contributed by atoms with van der Waals surface area (Å²) in [5.74, 6) is 2.80. The van der Waals surface area contributed by atoms with E-state index < -0.39 is 0 Å². The lowest BCUT2D eigenvalue weighted by Crippen LogP contribution is -1.91. The minimum atomic E-state index is 0.574. The van der Waals surface area contributed by atoms with Gasteiger partial charge in [-0.15, -0.1) is 0 Å². The molecule has 0 spiro atoms. The van der Waals surface area contributed by atoms with Gasteiger partial charge in [-0.1, -0.05) is 77.9 Å². The van der Waals surface area contributed by atoms with Crippen LogP contribution in [0, 0.1) is 0 Å². The second kappa shape index (κ2) is 9.39. The molecule has 126 valence electrons. The number of benzene rings is 2. The van der Waals surface area contributed by atoms with Crippen molar-refractivity contribution in [3.63, 3.8) is 0 Å². The van der Waals surface area contributed by atoms with Crippen LogP contribution >= 0.6 is 0 Å². The fourth-order valence-corrected chi connectivity index (χ4v) is 2.28. The molecule has 0 N–H and O–H groups in total. The van der Waals surface area contributed by atoms with Crippen LogP contribution in [-0.2, 0) is 0 Å². The molecule has 0 amide bonds. The van der Waals surface area contributed by atoms with Crippen molar-refractivity contribution in [3.05, 3.63) is 65.2 Å². The van der Waals surface area contributed by atoms with Gasteiger partial charge in [-0.2, -0.15) is 0 Å². The van der Waals surface area contributed by atoms with Gasteiger partial charge in [0.05, 0.1) is 7.11 Å². The molecule has 1 nitrogen and oxygen atoms in total. The molecule has 0 aliphatic heterocycles. The summed E-state index contributed by atoms with van der Waals surface area (Å²) in [7, 11) is 1.69. The molecule has 0 saturated heterocycles. The SMILES string of the molecule is CC(C)c1cccc(C(C)C)c1.COc1cccc(C(C)C)c1. The number of hydrogen-bond acceptors (Lipinski definition) is 1. The second-order valence-corrected chi connectivity index (χ2v) is 6.91. The Labute approximate surface area is 142 Å². The molecule has 2 rings (SSSR count). The lowest BCUT2D eigenvalue weighted by molar-refractivity contribution is 0.414. The first-order valence-corrected chi connectivity index (χ1v) is 8.59. The molecule has 0 heterocycles. The van der Waals surface area contributed by atoms with Gasteiger partial charge in [0.2, 0.25) is 0 Å². The van der Waals surface area contributed by atoms with Gasteiger partial charge in [0.1, 0.15) is 5.75 Å². The van der Waals surface area contributed by atoms with E-state index in [1.54, 1.807) is 7.11 Å². The third-order valence-corrected chi connectivity index (χ3v) is 4.00. The summed E-state index contributed by atoms with van der Waals surface area (Å²) in [6, 6.07) is 17.1. The van der Waals surface area contributed by atoms with Crippen molar-refractivity contribution >= 4 is 0 Å². The highest BCUT2D eigenvalue weighted by Gasteiger charge is 2.02. The Hall–Kier alpha value is -1.76. The predicted octanol–water partition coefficient (Wildman–Crippen LogP) is 6.75. The van der Waals surface area contributed by atoms with Crippen LogP contribution in [0.15, 0.2) is 48.5 Å². The largest absolute Gasteiger partial charge is 0.497 e. The molecule has 0 atom stereocenters. The van der Waals surface area contributed by atoms with Crippen molar-refractivity contribution in [3.8, 4) is 5.75 Å². The average Bonchev–Trinajstić information content (AvgIpc) is 2.55. The van der Waals surface area contributed by atoms with Crippen molar-refractivity contribution in [2.45, 2.75) is 59.3 Å². The Morgan fingerprint density at radius 3 is 1.39 bits per heavy atom. The Morgan fingerprint density at radius 1 is 0.609 bits per heavy atom. The van der Waals surface area contributed by atoms with E-state index in [1.807, 2.05) is 12.1 Å². The van der Waals surface area contributed by atoms with Crippen molar-refractivity contribution < 1.29 is 4.74 Å². The van der Waals surface area contributed by atoms with Crippen LogP contribution in [0.4, 0.5) is 0 Å². The molecule has 0 aliphatic carbocycles. The minimum Gasteiger partial charge on any atom is -0.497 e. The molecule has 0 fully saturated rings. The molecule has 0 radical (unpaired) electrons. The van der Waals surface area contributed by atoms with Gasteiger partial charge in [0.15, 0.2) is 0 Å². The zero-order valence-corrected chi connectivity index (χ0v) is 15.8. The monoisotopic (exact) mass is 312 g/mol. The van der Waals surface area contributed by atoms with Crippen molar-refractivity contribution in [1.29, 1.82) is 0 Å². The maximum Gasteiger partial charge on any atom is 0.119 e. The smallest absolute Gasteiger partial charge is 0.119 e. The highest BCUT2D eigenvalue weighted by atomic mass is 16.5. The summed E-state index contributed by atoms with van der Waals surface area (Å²) in [5, 5.41) is 0. The molecule has 23 heavy (non-hydrogen) atoms. The van der Waals surface area contributed by atoms with Gasteiger partial charge in [-0.05, 0) is 46.6 Å². The Balaban J connectivity index is 0.000000231. The van der Waals surface area contributed by atoms with E-state index >= 15 is 0 Å². The third kappa shape index (κ3) is 6.48. The van der Waals surface area contributed by atoms with Gasteiger partial charge in [0.25, 0.3) is 0 Å². The van der Waals surface area contributed by atoms with Gasteiger partial charge in [-0.3, -0.25) is 0 Å². The molecule has 0 aliphatic rings. The summed E-state index contributed by atoms with van der Waals surface area (Å²) in [6.07, 6.45) is 0. The first-order valence-electron chi connectivity index (χ1n) is 8.59. The highest BCUT2D eigenvalue weighted by Crippen LogP contribution is 2.20. The van der Waals surface area contributed by atoms with Crippen LogP contribution in [0.5, 0.6) is 5.75 Å². The normalized spacial score (nSPS) is 10.7. The van der Waals surface area contributed by atoms with Crippen molar-refractivity contribution in [1.82, 2.24) is 0 Å². The molecule has 0 aromatic heterocycles. The van der Waals surface area contributed by atoms with Crippen LogP contribution in [0.25, 0.3) is 0 Å². The fourth-order valence-electron chi connectivity index (χ4n) is 2.28. The maximum atomic E-state index is 5.11. The number of hydrogen-bond donors (Lipinski definition) is 0. The van der Waals surface area contributed by atoms with Gasteiger partial charge < -0.3 is 4.74 Å². The third-order valence-electron chi connectivity index (χ3n) is 4.00. The molecule has 1 heteroatoms. The van der Waals surface area contributed by atoms with Crippen molar-refractivity contribution in [2.75, 3.05) is 7.11 Å². The highest BCUT2D eigenvalue weighted by molar-refractivity contribution is 5.30. The molecule has 0 bridgehead atoms. The van der Waals surface area contributed by atoms with Crippen LogP contribution in [0.3, 0.4) is 0 Å². The molecular weight excluding hydrogens is 280 g/mol. The molecule has 2 aromatic rings. The van der Waals surface area contributed by atoms with Crippen molar-refractivity contribution in [2.24, 2.45) is 0 Å². The predicted molar refractivity (Wildman–Crippen MR) is 102 cm³/mol. The summed E-state index contributed by atoms with van der Waals surface area (Å²) in [4.78, 5) is 0. The summed E-state index contributed by atoms with van der Waals surface area (Å²) in [6.45, 7) is 13.3. The second-order valence-electron chi connectivity index (χ2n) is 6.91. The van der Waals surface area contributed by atoms with Crippen LogP contribution in [0.1, 0.15) is 76.0 Å². The lowest BCUT2D eigenvalue weighted by Gasteiger charge is -2.09. The zero-order chi connectivity index (χ0) is 17.4. The Kier molecular flexibility index (Phi) is 7.88. The molecule has 0 saturated carbocycles. The van der Waals surface area contributed by atoms with Gasteiger partial charge in [0, 0.05) is 0 Å².